The second-order valence-electron chi connectivity index (χ2n) is 9.32. The molecular weight excluding hydrogens is 505 g/mol. The van der Waals surface area contributed by atoms with Crippen molar-refractivity contribution in [2.24, 2.45) is 0 Å². The van der Waals surface area contributed by atoms with E-state index in [2.05, 4.69) is 19.6 Å². The molecule has 11 nitrogen and oxygen atoms in total. The van der Waals surface area contributed by atoms with E-state index in [9.17, 15) is 13.2 Å². The Kier molecular flexibility index (Phi) is 6.43. The Balaban J connectivity index is 1.18. The molecule has 3 aliphatic rings. The van der Waals surface area contributed by atoms with E-state index in [4.69, 9.17) is 13.8 Å². The predicted octanol–water partition coefficient (Wildman–Crippen LogP) is 2.77. The van der Waals surface area contributed by atoms with Gasteiger partial charge in [-0.3, -0.25) is 9.36 Å². The standard InChI is InChI=1S/C23H28N5O6PS/c1-2-17-18(11-20(32-17)27-14-26-21-22(27)24-13-25-23(21)29)33-35-28-10-6-9-16(28)19(34-35)12-36(30,31)15-7-4-3-5-8-15/h3-5,7-8,13-14,16-20H,2,6,9-12H2,1H3,(H,24,25,29)/t16-,17-,18?,19+,20-,35-/m1/s1. The van der Waals surface area contributed by atoms with Gasteiger partial charge in [-0.2, -0.15) is 0 Å². The molecule has 36 heavy (non-hydrogen) atoms. The molecule has 0 radical (unpaired) electrons. The van der Waals surface area contributed by atoms with Gasteiger partial charge in [-0.1, -0.05) is 25.1 Å². The van der Waals surface area contributed by atoms with Crippen LogP contribution in [0.15, 0.2) is 52.7 Å². The topological polar surface area (TPSA) is 129 Å². The van der Waals surface area contributed by atoms with Crippen LogP contribution in [-0.2, 0) is 23.6 Å². The number of hydrogen-bond acceptors (Lipinski definition) is 9. The van der Waals surface area contributed by atoms with Crippen LogP contribution in [0.25, 0.3) is 11.2 Å². The highest BCUT2D eigenvalue weighted by molar-refractivity contribution is 7.91. The van der Waals surface area contributed by atoms with Gasteiger partial charge in [-0.15, -0.1) is 0 Å². The number of nitrogens with one attached hydrogen (secondary N) is 1. The van der Waals surface area contributed by atoms with E-state index >= 15 is 0 Å². The van der Waals surface area contributed by atoms with E-state index in [1.807, 2.05) is 6.92 Å². The molecule has 3 aliphatic heterocycles. The van der Waals surface area contributed by atoms with E-state index in [1.165, 1.54) is 6.33 Å². The zero-order valence-corrected chi connectivity index (χ0v) is 21.5. The molecule has 1 unspecified atom stereocenters. The number of ether oxygens (including phenoxy) is 1. The van der Waals surface area contributed by atoms with Crippen molar-refractivity contribution in [3.8, 4) is 0 Å². The van der Waals surface area contributed by atoms with Crippen LogP contribution in [0, 0.1) is 0 Å². The van der Waals surface area contributed by atoms with E-state index in [0.29, 0.717) is 17.0 Å². The molecule has 6 atom stereocenters. The molecule has 0 amide bonds. The second-order valence-corrected chi connectivity index (χ2v) is 12.8. The van der Waals surface area contributed by atoms with Gasteiger partial charge in [-0.25, -0.2) is 23.1 Å². The molecule has 0 spiro atoms. The molecule has 0 saturated carbocycles. The Morgan fingerprint density at radius 2 is 2.06 bits per heavy atom. The second kappa shape index (κ2) is 9.59. The molecule has 5 heterocycles. The lowest BCUT2D eigenvalue weighted by Crippen LogP contribution is -2.33. The number of rotatable bonds is 7. The predicted molar refractivity (Wildman–Crippen MR) is 132 cm³/mol. The number of aromatic nitrogens is 4. The van der Waals surface area contributed by atoms with E-state index in [0.717, 1.165) is 25.8 Å². The Hall–Kier alpha value is -2.21. The van der Waals surface area contributed by atoms with Crippen molar-refractivity contribution in [1.29, 1.82) is 0 Å². The summed E-state index contributed by atoms with van der Waals surface area (Å²) >= 11 is 0. The maximum Gasteiger partial charge on any atom is 0.278 e. The molecule has 1 aromatic carbocycles. The summed E-state index contributed by atoms with van der Waals surface area (Å²) in [7, 11) is -4.89. The first kappa shape index (κ1) is 24.1. The minimum Gasteiger partial charge on any atom is -0.352 e. The fraction of sp³-hybridized carbons (Fsp3) is 0.522. The molecule has 2 aromatic heterocycles. The number of aromatic amines is 1. The third-order valence-electron chi connectivity index (χ3n) is 7.10. The van der Waals surface area contributed by atoms with Crippen LogP contribution >= 0.6 is 8.53 Å². The van der Waals surface area contributed by atoms with Gasteiger partial charge in [0.2, 0.25) is 0 Å². The van der Waals surface area contributed by atoms with Crippen molar-refractivity contribution in [2.45, 2.75) is 68.1 Å². The molecule has 3 fully saturated rings. The van der Waals surface area contributed by atoms with Gasteiger partial charge >= 0.3 is 0 Å². The van der Waals surface area contributed by atoms with E-state index in [-0.39, 0.29) is 41.3 Å². The summed E-state index contributed by atoms with van der Waals surface area (Å²) in [6, 6.07) is 8.55. The summed E-state index contributed by atoms with van der Waals surface area (Å²) in [5.41, 5.74) is 0.438. The summed E-state index contributed by atoms with van der Waals surface area (Å²) in [6.07, 6.45) is 4.87. The molecule has 1 N–H and O–H groups in total. The van der Waals surface area contributed by atoms with E-state index in [1.54, 1.807) is 41.2 Å². The molecule has 13 heteroatoms. The Morgan fingerprint density at radius 3 is 2.86 bits per heavy atom. The van der Waals surface area contributed by atoms with Crippen LogP contribution < -0.4 is 5.56 Å². The van der Waals surface area contributed by atoms with Gasteiger partial charge in [0.1, 0.15) is 6.23 Å². The maximum atomic E-state index is 13.0. The number of nitrogens with zero attached hydrogens (tertiary/aromatic N) is 4. The number of hydrogen-bond donors (Lipinski definition) is 1. The maximum absolute atomic E-state index is 13.0. The molecule has 6 rings (SSSR count). The van der Waals surface area contributed by atoms with Gasteiger partial charge in [0.05, 0.1) is 41.6 Å². The summed E-state index contributed by atoms with van der Waals surface area (Å²) in [4.78, 5) is 23.4. The fourth-order valence-corrected chi connectivity index (χ4v) is 8.90. The van der Waals surface area contributed by atoms with Gasteiger partial charge in [0, 0.05) is 19.0 Å². The van der Waals surface area contributed by atoms with Gasteiger partial charge in [0.15, 0.2) is 21.0 Å². The van der Waals surface area contributed by atoms with Crippen molar-refractivity contribution in [3.63, 3.8) is 0 Å². The van der Waals surface area contributed by atoms with Crippen molar-refractivity contribution in [1.82, 2.24) is 24.2 Å². The minimum absolute atomic E-state index is 0.0290. The van der Waals surface area contributed by atoms with Crippen LogP contribution in [0.3, 0.4) is 0 Å². The lowest BCUT2D eigenvalue weighted by molar-refractivity contribution is -0.0152. The highest BCUT2D eigenvalue weighted by atomic mass is 32.2. The molecule has 0 bridgehead atoms. The number of H-pyrrole nitrogens is 1. The van der Waals surface area contributed by atoms with Crippen LogP contribution in [0.5, 0.6) is 0 Å². The number of fused-ring (bicyclic) bond motifs is 2. The average molecular weight is 534 g/mol. The minimum atomic E-state index is -3.48. The molecule has 3 aromatic rings. The SMILES string of the molecule is CC[C@H]1O[C@@H](n2cnc3c(=O)[nH]cnc32)CC1O[P@]1O[C@@H](CS(=O)(=O)c2ccccc2)[C@H]2CCCN21. The lowest BCUT2D eigenvalue weighted by atomic mass is 10.1. The zero-order valence-electron chi connectivity index (χ0n) is 19.8. The van der Waals surface area contributed by atoms with Crippen LogP contribution in [-0.4, -0.2) is 69.3 Å². The van der Waals surface area contributed by atoms with Crippen molar-refractivity contribution in [2.75, 3.05) is 12.3 Å². The Bertz CT molecular complexity index is 1400. The number of sulfone groups is 1. The monoisotopic (exact) mass is 533 g/mol. The van der Waals surface area contributed by atoms with Gasteiger partial charge in [-0.05, 0) is 31.4 Å². The molecular formula is C23H28N5O6PS. The zero-order chi connectivity index (χ0) is 24.9. The first-order valence-electron chi connectivity index (χ1n) is 12.2. The fourth-order valence-electron chi connectivity index (χ4n) is 5.31. The van der Waals surface area contributed by atoms with Crippen LogP contribution in [0.2, 0.25) is 0 Å². The van der Waals surface area contributed by atoms with Crippen molar-refractivity contribution < 1.29 is 22.2 Å². The largest absolute Gasteiger partial charge is 0.352 e. The smallest absolute Gasteiger partial charge is 0.278 e. The Labute approximate surface area is 209 Å². The van der Waals surface area contributed by atoms with Gasteiger partial charge < -0.3 is 18.8 Å². The van der Waals surface area contributed by atoms with E-state index < -0.39 is 24.5 Å². The average Bonchev–Trinajstić information content (AvgIpc) is 3.65. The first-order valence-corrected chi connectivity index (χ1v) is 15.0. The molecule has 3 saturated heterocycles. The summed E-state index contributed by atoms with van der Waals surface area (Å²) in [5, 5.41) is 0. The summed E-state index contributed by atoms with van der Waals surface area (Å²) < 4.78 is 49.2. The van der Waals surface area contributed by atoms with Crippen molar-refractivity contribution in [3.05, 3.63) is 53.3 Å². The van der Waals surface area contributed by atoms with Crippen molar-refractivity contribution >= 4 is 29.5 Å². The number of imidazole rings is 1. The molecule has 0 aliphatic carbocycles. The highest BCUT2D eigenvalue weighted by Gasteiger charge is 2.50. The number of benzene rings is 1. The normalized spacial score (nSPS) is 30.8. The summed E-state index contributed by atoms with van der Waals surface area (Å²) in [6.45, 7) is 2.86. The highest BCUT2D eigenvalue weighted by Crippen LogP contribution is 2.58. The third-order valence-corrected chi connectivity index (χ3v) is 10.7. The Morgan fingerprint density at radius 1 is 1.22 bits per heavy atom. The first-order chi connectivity index (χ1) is 17.4. The van der Waals surface area contributed by atoms with Crippen LogP contribution in [0.1, 0.15) is 38.8 Å². The van der Waals surface area contributed by atoms with Crippen LogP contribution in [0.4, 0.5) is 0 Å². The quantitative estimate of drug-likeness (QED) is 0.456. The lowest BCUT2D eigenvalue weighted by Gasteiger charge is -2.25. The summed E-state index contributed by atoms with van der Waals surface area (Å²) in [5.74, 6) is -0.0669. The molecule has 192 valence electrons. The third kappa shape index (κ3) is 4.29. The van der Waals surface area contributed by atoms with Gasteiger partial charge in [0.25, 0.3) is 14.1 Å².